The van der Waals surface area contributed by atoms with Crippen LogP contribution in [-0.4, -0.2) is 81.6 Å². The Kier molecular flexibility index (Phi) is 8.53. The fourth-order valence-corrected chi connectivity index (χ4v) is 7.38. The van der Waals surface area contributed by atoms with E-state index < -0.39 is 0 Å². The molecule has 1 aromatic carbocycles. The predicted molar refractivity (Wildman–Crippen MR) is 178 cm³/mol. The molecule has 4 aromatic heterocycles. The number of thioether (sulfide) groups is 1. The first-order chi connectivity index (χ1) is 22.0. The summed E-state index contributed by atoms with van der Waals surface area (Å²) in [5, 5.41) is 4.46. The normalized spacial score (nSPS) is 17.3. The van der Waals surface area contributed by atoms with Gasteiger partial charge in [0.05, 0.1) is 30.8 Å². The summed E-state index contributed by atoms with van der Waals surface area (Å²) in [5.41, 5.74) is 5.74. The highest BCUT2D eigenvalue weighted by molar-refractivity contribution is 7.99. The minimum absolute atomic E-state index is 0.155. The second-order valence-corrected chi connectivity index (χ2v) is 13.4. The molecular weight excluding hydrogens is 609 g/mol. The molecule has 1 N–H and O–H groups in total. The van der Waals surface area contributed by atoms with Gasteiger partial charge < -0.3 is 24.3 Å². The average molecular weight is 641 g/mol. The summed E-state index contributed by atoms with van der Waals surface area (Å²) in [6.07, 6.45) is 3.13. The first-order valence-electron chi connectivity index (χ1n) is 14.8. The molecule has 1 atom stereocenters. The Bertz CT molecular complexity index is 1940. The number of morpholine rings is 1. The molecule has 2 aliphatic heterocycles. The number of likely N-dealkylation sites (N-methyl/N-ethyl adjacent to an activating group) is 1. The molecule has 0 amide bonds. The van der Waals surface area contributed by atoms with Gasteiger partial charge in [0.1, 0.15) is 17.0 Å². The van der Waals surface area contributed by atoms with Crippen LogP contribution >= 0.6 is 23.1 Å². The highest BCUT2D eigenvalue weighted by atomic mass is 32.2. The lowest BCUT2D eigenvalue weighted by molar-refractivity contribution is 0.120. The first kappa shape index (κ1) is 29.5. The standard InChI is InChI=1S/C32H32N8O3S2/c1-21-26(35-20-45-21)8-5-23-15-24-16-33-32(36-25-6-3-22(4-7-25)28-18-38(2)11-14-44-28)37-29(24)40(30(23)41)17-27-31(43-19-34-27)39-9-12-42-13-10-39/h3-4,6-7,15-16,19-20,28H,9-14,17-18H2,1-2H3,(H,33,36,37). The molecule has 0 radical (unpaired) electrons. The fraction of sp³-hybridized carbons (Fsp3) is 0.344. The molecule has 0 bridgehead atoms. The number of rotatable bonds is 6. The zero-order valence-corrected chi connectivity index (χ0v) is 26.7. The highest BCUT2D eigenvalue weighted by Crippen LogP contribution is 2.33. The number of benzene rings is 1. The summed E-state index contributed by atoms with van der Waals surface area (Å²) >= 11 is 3.52. The molecule has 2 saturated heterocycles. The third-order valence-corrected chi connectivity index (χ3v) is 9.92. The van der Waals surface area contributed by atoms with Crippen LogP contribution in [-0.2, 0) is 11.3 Å². The Morgan fingerprint density at radius 2 is 1.93 bits per heavy atom. The largest absolute Gasteiger partial charge is 0.428 e. The molecule has 0 saturated carbocycles. The molecule has 7 rings (SSSR count). The quantitative estimate of drug-likeness (QED) is 0.268. The third kappa shape index (κ3) is 6.46. The van der Waals surface area contributed by atoms with E-state index in [9.17, 15) is 4.79 Å². The summed E-state index contributed by atoms with van der Waals surface area (Å²) in [7, 11) is 2.17. The number of nitrogens with one attached hydrogen (secondary N) is 1. The number of anilines is 3. The Morgan fingerprint density at radius 3 is 2.71 bits per heavy atom. The molecule has 1 unspecified atom stereocenters. The van der Waals surface area contributed by atoms with Gasteiger partial charge in [0.2, 0.25) is 11.8 Å². The minimum atomic E-state index is -0.275. The van der Waals surface area contributed by atoms with Crippen molar-refractivity contribution in [2.75, 3.05) is 62.4 Å². The third-order valence-electron chi connectivity index (χ3n) is 7.92. The van der Waals surface area contributed by atoms with Crippen molar-refractivity contribution in [1.29, 1.82) is 0 Å². The van der Waals surface area contributed by atoms with Gasteiger partial charge in [-0.25, -0.2) is 15.0 Å². The molecule has 5 aromatic rings. The van der Waals surface area contributed by atoms with E-state index in [1.807, 2.05) is 30.8 Å². The zero-order chi connectivity index (χ0) is 30.8. The molecule has 13 heteroatoms. The lowest BCUT2D eigenvalue weighted by Crippen LogP contribution is -2.36. The van der Waals surface area contributed by atoms with Gasteiger partial charge in [-0.15, -0.1) is 11.3 Å². The van der Waals surface area contributed by atoms with Crippen LogP contribution in [0, 0.1) is 18.8 Å². The molecule has 0 aliphatic carbocycles. The fourth-order valence-electron chi connectivity index (χ4n) is 5.44. The molecule has 0 spiro atoms. The summed E-state index contributed by atoms with van der Waals surface area (Å²) in [6.45, 7) is 6.84. The number of aromatic nitrogens is 5. The van der Waals surface area contributed by atoms with Crippen molar-refractivity contribution in [2.45, 2.75) is 18.7 Å². The molecule has 230 valence electrons. The molecule has 2 fully saturated rings. The molecule has 45 heavy (non-hydrogen) atoms. The molecule has 2 aliphatic rings. The van der Waals surface area contributed by atoms with E-state index in [2.05, 4.69) is 61.1 Å². The Hall–Kier alpha value is -4.22. The van der Waals surface area contributed by atoms with Crippen molar-refractivity contribution in [1.82, 2.24) is 29.4 Å². The summed E-state index contributed by atoms with van der Waals surface area (Å²) in [5.74, 6) is 8.26. The van der Waals surface area contributed by atoms with Gasteiger partial charge in [-0.1, -0.05) is 18.1 Å². The van der Waals surface area contributed by atoms with E-state index in [0.717, 1.165) is 29.4 Å². The van der Waals surface area contributed by atoms with E-state index in [4.69, 9.17) is 14.1 Å². The highest BCUT2D eigenvalue weighted by Gasteiger charge is 2.22. The van der Waals surface area contributed by atoms with Crippen LogP contribution < -0.4 is 15.8 Å². The van der Waals surface area contributed by atoms with Gasteiger partial charge in [0.25, 0.3) is 5.56 Å². The monoisotopic (exact) mass is 640 g/mol. The maximum atomic E-state index is 14.0. The SMILES string of the molecule is Cc1scnc1C#Cc1cc2cnc(Nc3ccc(C4CN(C)CCS4)cc3)nc2n(Cc2ncoc2N2CCOCC2)c1=O. The molecule has 6 heterocycles. The Balaban J connectivity index is 1.23. The van der Waals surface area contributed by atoms with Crippen molar-refractivity contribution >= 4 is 51.7 Å². The van der Waals surface area contributed by atoms with E-state index in [0.29, 0.717) is 71.4 Å². The number of aryl methyl sites for hydroxylation is 1. The number of thiazole rings is 1. The van der Waals surface area contributed by atoms with Gasteiger partial charge in [0.15, 0.2) is 6.39 Å². The maximum Gasteiger partial charge on any atom is 0.268 e. The zero-order valence-electron chi connectivity index (χ0n) is 25.0. The van der Waals surface area contributed by atoms with E-state index in [1.165, 1.54) is 23.3 Å². The Labute approximate surface area is 268 Å². The second-order valence-electron chi connectivity index (χ2n) is 11.0. The average Bonchev–Trinajstić information content (AvgIpc) is 3.71. The van der Waals surface area contributed by atoms with Gasteiger partial charge in [-0.3, -0.25) is 9.36 Å². The van der Waals surface area contributed by atoms with Crippen LogP contribution in [0.4, 0.5) is 17.5 Å². The van der Waals surface area contributed by atoms with Gasteiger partial charge >= 0.3 is 0 Å². The smallest absolute Gasteiger partial charge is 0.268 e. The van der Waals surface area contributed by atoms with Crippen molar-refractivity contribution in [3.8, 4) is 11.8 Å². The lowest BCUT2D eigenvalue weighted by atomic mass is 10.1. The summed E-state index contributed by atoms with van der Waals surface area (Å²) in [6, 6.07) is 10.2. The van der Waals surface area contributed by atoms with Crippen LogP contribution in [0.2, 0.25) is 0 Å². The molecule has 11 nitrogen and oxygen atoms in total. The topological polar surface area (TPSA) is 114 Å². The molecular formula is C32H32N8O3S2. The Morgan fingerprint density at radius 1 is 1.09 bits per heavy atom. The van der Waals surface area contributed by atoms with Crippen LogP contribution in [0.5, 0.6) is 0 Å². The number of oxazole rings is 1. The van der Waals surface area contributed by atoms with E-state index in [1.54, 1.807) is 22.3 Å². The first-order valence-corrected chi connectivity index (χ1v) is 16.7. The van der Waals surface area contributed by atoms with Crippen LogP contribution in [0.3, 0.4) is 0 Å². The number of hydrogen-bond acceptors (Lipinski definition) is 12. The number of ether oxygens (including phenoxy) is 1. The van der Waals surface area contributed by atoms with Gasteiger partial charge in [-0.05, 0) is 43.7 Å². The van der Waals surface area contributed by atoms with E-state index in [-0.39, 0.29) is 12.1 Å². The van der Waals surface area contributed by atoms with Crippen molar-refractivity contribution in [2.24, 2.45) is 0 Å². The number of pyridine rings is 1. The second kappa shape index (κ2) is 13.0. The predicted octanol–water partition coefficient (Wildman–Crippen LogP) is 4.29. The van der Waals surface area contributed by atoms with Crippen molar-refractivity contribution in [3.63, 3.8) is 0 Å². The van der Waals surface area contributed by atoms with Crippen molar-refractivity contribution in [3.05, 3.63) is 86.2 Å². The lowest BCUT2D eigenvalue weighted by Gasteiger charge is -2.29. The minimum Gasteiger partial charge on any atom is -0.428 e. The maximum absolute atomic E-state index is 14.0. The summed E-state index contributed by atoms with van der Waals surface area (Å²) < 4.78 is 12.9. The number of hydrogen-bond donors (Lipinski definition) is 1. The van der Waals surface area contributed by atoms with E-state index >= 15 is 0 Å². The number of fused-ring (bicyclic) bond motifs is 1. The van der Waals surface area contributed by atoms with Crippen LogP contribution in [0.25, 0.3) is 11.0 Å². The van der Waals surface area contributed by atoms with Gasteiger partial charge in [0, 0.05) is 59.3 Å². The van der Waals surface area contributed by atoms with Gasteiger partial charge in [-0.2, -0.15) is 16.7 Å². The van der Waals surface area contributed by atoms with Crippen LogP contribution in [0.15, 0.2) is 57.6 Å². The number of nitrogens with zero attached hydrogens (tertiary/aromatic N) is 7. The summed E-state index contributed by atoms with van der Waals surface area (Å²) in [4.78, 5) is 37.7. The van der Waals surface area contributed by atoms with Crippen LogP contribution in [0.1, 0.15) is 32.6 Å². The van der Waals surface area contributed by atoms with Crippen molar-refractivity contribution < 1.29 is 9.15 Å².